The lowest BCUT2D eigenvalue weighted by atomic mass is 10.3. The number of nitrogens with two attached hydrogens (primary N) is 1. The summed E-state index contributed by atoms with van der Waals surface area (Å²) in [5.41, 5.74) is 2.20. The maximum atomic E-state index is 13.6. The molecule has 0 spiro atoms. The Balaban J connectivity index is 2.35. The van der Waals surface area contributed by atoms with E-state index >= 15 is 0 Å². The third-order valence-electron chi connectivity index (χ3n) is 2.30. The highest BCUT2D eigenvalue weighted by Gasteiger charge is 2.10. The predicted molar refractivity (Wildman–Crippen MR) is 66.0 cm³/mol. The molecule has 0 aliphatic heterocycles. The minimum atomic E-state index is -0.735. The largest absolute Gasteiger partial charge is 0.497 e. The van der Waals surface area contributed by atoms with E-state index < -0.39 is 11.6 Å². The Bertz CT molecular complexity index is 542. The molecule has 1 aromatic carbocycles. The molecular formula is C11H11F2N5O. The van der Waals surface area contributed by atoms with Crippen molar-refractivity contribution in [2.75, 3.05) is 17.9 Å². The fourth-order valence-electron chi connectivity index (χ4n) is 1.38. The molecule has 4 N–H and O–H groups in total. The predicted octanol–water partition coefficient (Wildman–Crippen LogP) is 1.79. The van der Waals surface area contributed by atoms with Crippen LogP contribution in [0.3, 0.4) is 0 Å². The van der Waals surface area contributed by atoms with Gasteiger partial charge < -0.3 is 10.1 Å². The Labute approximate surface area is 107 Å². The zero-order chi connectivity index (χ0) is 13.8. The van der Waals surface area contributed by atoms with Crippen molar-refractivity contribution >= 4 is 17.5 Å². The lowest BCUT2D eigenvalue weighted by molar-refractivity contribution is 0.414. The van der Waals surface area contributed by atoms with E-state index in [2.05, 4.69) is 20.7 Å². The summed E-state index contributed by atoms with van der Waals surface area (Å²) >= 11 is 0. The average molecular weight is 267 g/mol. The van der Waals surface area contributed by atoms with Crippen LogP contribution in [0.1, 0.15) is 0 Å². The number of ether oxygens (including phenoxy) is 1. The Morgan fingerprint density at radius 3 is 2.74 bits per heavy atom. The van der Waals surface area contributed by atoms with Gasteiger partial charge in [-0.05, 0) is 12.1 Å². The lowest BCUT2D eigenvalue weighted by Crippen LogP contribution is -2.12. The van der Waals surface area contributed by atoms with Crippen molar-refractivity contribution in [2.24, 2.45) is 5.84 Å². The summed E-state index contributed by atoms with van der Waals surface area (Å²) in [6.07, 6.45) is 0.919. The summed E-state index contributed by atoms with van der Waals surface area (Å²) in [6, 6.07) is 4.03. The molecule has 1 aromatic heterocycles. The van der Waals surface area contributed by atoms with Crippen molar-refractivity contribution in [3.05, 3.63) is 36.0 Å². The number of nitrogen functional groups attached to an aromatic ring is 1. The molecule has 0 amide bonds. The Kier molecular flexibility index (Phi) is 3.71. The highest BCUT2D eigenvalue weighted by Crippen LogP contribution is 2.25. The van der Waals surface area contributed by atoms with Gasteiger partial charge in [0.25, 0.3) is 0 Å². The number of hydrogen-bond acceptors (Lipinski definition) is 6. The minimum absolute atomic E-state index is 0.00667. The van der Waals surface area contributed by atoms with Crippen molar-refractivity contribution in [3.8, 4) is 5.75 Å². The maximum Gasteiger partial charge on any atom is 0.239 e. The summed E-state index contributed by atoms with van der Waals surface area (Å²) in [4.78, 5) is 7.32. The van der Waals surface area contributed by atoms with Crippen molar-refractivity contribution in [2.45, 2.75) is 0 Å². The number of aromatic nitrogens is 2. The van der Waals surface area contributed by atoms with E-state index in [9.17, 15) is 8.78 Å². The number of nitrogens with zero attached hydrogens (tertiary/aromatic N) is 2. The molecule has 0 aliphatic rings. The van der Waals surface area contributed by atoms with Crippen LogP contribution in [0, 0.1) is 11.6 Å². The minimum Gasteiger partial charge on any atom is -0.497 e. The molecule has 1 heterocycles. The van der Waals surface area contributed by atoms with Crippen LogP contribution in [0.15, 0.2) is 24.4 Å². The van der Waals surface area contributed by atoms with E-state index in [0.717, 1.165) is 6.20 Å². The Morgan fingerprint density at radius 1 is 1.26 bits per heavy atom. The van der Waals surface area contributed by atoms with E-state index in [-0.39, 0.29) is 17.5 Å². The highest BCUT2D eigenvalue weighted by atomic mass is 19.1. The highest BCUT2D eigenvalue weighted by molar-refractivity contribution is 5.60. The van der Waals surface area contributed by atoms with Crippen molar-refractivity contribution in [1.82, 2.24) is 9.97 Å². The van der Waals surface area contributed by atoms with Crippen LogP contribution in [0.2, 0.25) is 0 Å². The van der Waals surface area contributed by atoms with Crippen molar-refractivity contribution in [1.29, 1.82) is 0 Å². The van der Waals surface area contributed by atoms with Gasteiger partial charge >= 0.3 is 0 Å². The molecule has 0 atom stereocenters. The summed E-state index contributed by atoms with van der Waals surface area (Å²) in [6.45, 7) is 0. The normalized spacial score (nSPS) is 10.1. The smallest absolute Gasteiger partial charge is 0.239 e. The van der Waals surface area contributed by atoms with Crippen LogP contribution in [0.5, 0.6) is 5.75 Å². The molecule has 0 saturated carbocycles. The number of hydrogen-bond donors (Lipinski definition) is 3. The number of methoxy groups -OCH3 is 1. The number of rotatable bonds is 4. The molecular weight excluding hydrogens is 256 g/mol. The van der Waals surface area contributed by atoms with Gasteiger partial charge in [-0.3, -0.25) is 5.43 Å². The number of benzene rings is 1. The van der Waals surface area contributed by atoms with E-state index in [0.29, 0.717) is 5.75 Å². The van der Waals surface area contributed by atoms with Gasteiger partial charge in [-0.1, -0.05) is 0 Å². The molecule has 0 radical (unpaired) electrons. The summed E-state index contributed by atoms with van der Waals surface area (Å²) in [7, 11) is 1.44. The molecule has 6 nitrogen and oxygen atoms in total. The quantitative estimate of drug-likeness (QED) is 0.578. The van der Waals surface area contributed by atoms with Gasteiger partial charge in [0.15, 0.2) is 11.6 Å². The van der Waals surface area contributed by atoms with Crippen LogP contribution < -0.4 is 21.3 Å². The molecule has 2 rings (SSSR count). The van der Waals surface area contributed by atoms with Gasteiger partial charge in [0, 0.05) is 6.07 Å². The third-order valence-corrected chi connectivity index (χ3v) is 2.30. The van der Waals surface area contributed by atoms with Crippen molar-refractivity contribution in [3.63, 3.8) is 0 Å². The van der Waals surface area contributed by atoms with Gasteiger partial charge in [0.1, 0.15) is 11.6 Å². The summed E-state index contributed by atoms with van der Waals surface area (Å²) in [5.74, 6) is 4.05. The zero-order valence-electron chi connectivity index (χ0n) is 9.95. The van der Waals surface area contributed by atoms with Crippen LogP contribution in [0.25, 0.3) is 0 Å². The second-order valence-electron chi connectivity index (χ2n) is 3.51. The number of nitrogens with one attached hydrogen (secondary N) is 2. The van der Waals surface area contributed by atoms with Gasteiger partial charge in [-0.25, -0.2) is 19.6 Å². The second-order valence-corrected chi connectivity index (χ2v) is 3.51. The first-order valence-corrected chi connectivity index (χ1v) is 5.23. The zero-order valence-corrected chi connectivity index (χ0v) is 9.95. The lowest BCUT2D eigenvalue weighted by Gasteiger charge is -2.10. The fraction of sp³-hybridized carbons (Fsp3) is 0.0909. The standard InChI is InChI=1S/C11H11F2N5O/c1-19-6-2-3-7(12)9(4-6)16-10-8(13)5-15-11(17-10)18-14/h2-5H,14H2,1H3,(H2,15,16,17,18). The summed E-state index contributed by atoms with van der Waals surface area (Å²) < 4.78 is 32.0. The molecule has 8 heteroatoms. The number of anilines is 3. The topological polar surface area (TPSA) is 85.1 Å². The van der Waals surface area contributed by atoms with E-state index in [1.54, 1.807) is 0 Å². The molecule has 100 valence electrons. The molecule has 0 bridgehead atoms. The van der Waals surface area contributed by atoms with Gasteiger partial charge in [0.05, 0.1) is 19.0 Å². The number of hydrazine groups is 1. The van der Waals surface area contributed by atoms with E-state index in [4.69, 9.17) is 10.6 Å². The average Bonchev–Trinajstić information content (AvgIpc) is 2.43. The third kappa shape index (κ3) is 2.86. The van der Waals surface area contributed by atoms with Gasteiger partial charge in [-0.2, -0.15) is 4.98 Å². The van der Waals surface area contributed by atoms with Crippen LogP contribution in [-0.2, 0) is 0 Å². The first kappa shape index (κ1) is 13.0. The van der Waals surface area contributed by atoms with Crippen LogP contribution in [0.4, 0.5) is 26.2 Å². The molecule has 0 unspecified atom stereocenters. The second kappa shape index (κ2) is 5.44. The van der Waals surface area contributed by atoms with Gasteiger partial charge in [0.2, 0.25) is 5.95 Å². The first-order chi connectivity index (χ1) is 9.13. The Hall–Kier alpha value is -2.48. The SMILES string of the molecule is COc1ccc(F)c(Nc2nc(NN)ncc2F)c1. The molecule has 0 saturated heterocycles. The molecule has 0 aliphatic carbocycles. The Morgan fingerprint density at radius 2 is 2.05 bits per heavy atom. The van der Waals surface area contributed by atoms with Crippen molar-refractivity contribution < 1.29 is 13.5 Å². The fourth-order valence-corrected chi connectivity index (χ4v) is 1.38. The molecule has 2 aromatic rings. The molecule has 19 heavy (non-hydrogen) atoms. The summed E-state index contributed by atoms with van der Waals surface area (Å²) in [5, 5.41) is 2.51. The molecule has 0 fully saturated rings. The van der Waals surface area contributed by atoms with E-state index in [1.165, 1.54) is 25.3 Å². The van der Waals surface area contributed by atoms with Crippen LogP contribution in [-0.4, -0.2) is 17.1 Å². The van der Waals surface area contributed by atoms with Crippen LogP contribution >= 0.6 is 0 Å². The maximum absolute atomic E-state index is 13.6. The van der Waals surface area contributed by atoms with Gasteiger partial charge in [-0.15, -0.1) is 0 Å². The van der Waals surface area contributed by atoms with E-state index in [1.807, 2.05) is 0 Å². The monoisotopic (exact) mass is 267 g/mol. The first-order valence-electron chi connectivity index (χ1n) is 5.23. The number of halogens is 2.